The number of carbonyl (C=O) groups excluding carboxylic acids is 2. The lowest BCUT2D eigenvalue weighted by Gasteiger charge is -2.34. The SMILES string of the molecule is C[C@H]1C/C(=N\NC(=O)C(=O)NC2CC2)CC(C)(C)C1. The fourth-order valence-corrected chi connectivity index (χ4v) is 2.86. The van der Waals surface area contributed by atoms with Crippen LogP contribution in [0.4, 0.5) is 0 Å². The van der Waals surface area contributed by atoms with E-state index in [1.165, 1.54) is 6.42 Å². The van der Waals surface area contributed by atoms with E-state index in [2.05, 4.69) is 36.6 Å². The van der Waals surface area contributed by atoms with E-state index in [1.807, 2.05) is 0 Å². The van der Waals surface area contributed by atoms with Crippen LogP contribution >= 0.6 is 0 Å². The second-order valence-electron chi connectivity index (χ2n) is 6.72. The van der Waals surface area contributed by atoms with Gasteiger partial charge in [0.25, 0.3) is 0 Å². The van der Waals surface area contributed by atoms with E-state index in [1.54, 1.807) is 0 Å². The van der Waals surface area contributed by atoms with Gasteiger partial charge in [-0.1, -0.05) is 20.8 Å². The lowest BCUT2D eigenvalue weighted by atomic mass is 9.72. The average molecular weight is 265 g/mol. The summed E-state index contributed by atoms with van der Waals surface area (Å²) < 4.78 is 0. The first-order valence-corrected chi connectivity index (χ1v) is 7.02. The molecule has 2 N–H and O–H groups in total. The van der Waals surface area contributed by atoms with Crippen LogP contribution in [-0.2, 0) is 9.59 Å². The molecule has 2 rings (SSSR count). The van der Waals surface area contributed by atoms with Gasteiger partial charge >= 0.3 is 11.8 Å². The van der Waals surface area contributed by atoms with E-state index < -0.39 is 11.8 Å². The summed E-state index contributed by atoms with van der Waals surface area (Å²) in [6, 6.07) is 0.194. The van der Waals surface area contributed by atoms with Gasteiger partial charge in [0.05, 0.1) is 0 Å². The summed E-state index contributed by atoms with van der Waals surface area (Å²) in [5.41, 5.74) is 3.58. The molecule has 0 unspecified atom stereocenters. The molecule has 2 aliphatic rings. The highest BCUT2D eigenvalue weighted by Gasteiger charge is 2.30. The smallest absolute Gasteiger partial charge is 0.329 e. The van der Waals surface area contributed by atoms with Crippen LogP contribution in [0.2, 0.25) is 0 Å². The van der Waals surface area contributed by atoms with Crippen molar-refractivity contribution in [3.8, 4) is 0 Å². The molecular formula is C14H23N3O2. The molecule has 0 saturated heterocycles. The summed E-state index contributed by atoms with van der Waals surface area (Å²) >= 11 is 0. The highest BCUT2D eigenvalue weighted by atomic mass is 16.2. The van der Waals surface area contributed by atoms with Gasteiger partial charge in [-0.2, -0.15) is 5.10 Å². The molecule has 0 spiro atoms. The third kappa shape index (κ3) is 4.33. The van der Waals surface area contributed by atoms with Gasteiger partial charge in [-0.25, -0.2) is 5.43 Å². The van der Waals surface area contributed by atoms with Crippen molar-refractivity contribution in [2.75, 3.05) is 0 Å². The largest absolute Gasteiger partial charge is 0.345 e. The van der Waals surface area contributed by atoms with Gasteiger partial charge < -0.3 is 5.32 Å². The van der Waals surface area contributed by atoms with Crippen LogP contribution < -0.4 is 10.7 Å². The molecule has 2 fully saturated rings. The molecule has 0 heterocycles. The second kappa shape index (κ2) is 5.31. The summed E-state index contributed by atoms with van der Waals surface area (Å²) in [7, 11) is 0. The first-order chi connectivity index (χ1) is 8.85. The molecule has 2 amide bonds. The lowest BCUT2D eigenvalue weighted by Crippen LogP contribution is -2.39. The minimum Gasteiger partial charge on any atom is -0.345 e. The zero-order valence-electron chi connectivity index (χ0n) is 12.0. The van der Waals surface area contributed by atoms with Gasteiger partial charge in [0.1, 0.15) is 0 Å². The molecular weight excluding hydrogens is 242 g/mol. The number of hydrogen-bond acceptors (Lipinski definition) is 3. The van der Waals surface area contributed by atoms with E-state index >= 15 is 0 Å². The maximum absolute atomic E-state index is 11.6. The number of hydrogen-bond donors (Lipinski definition) is 2. The third-order valence-electron chi connectivity index (χ3n) is 3.60. The van der Waals surface area contributed by atoms with E-state index in [4.69, 9.17) is 0 Å². The standard InChI is InChI=1S/C14H23N3O2/c1-9-6-11(8-14(2,3)7-9)16-17-13(19)12(18)15-10-4-5-10/h9-10H,4-8H2,1-3H3,(H,15,18)(H,17,19)/b16-11+/t9-/m0/s1. The fraction of sp³-hybridized carbons (Fsp3) is 0.786. The van der Waals surface area contributed by atoms with Crippen molar-refractivity contribution in [1.29, 1.82) is 0 Å². The van der Waals surface area contributed by atoms with Crippen LogP contribution in [0, 0.1) is 11.3 Å². The predicted octanol–water partition coefficient (Wildman–Crippen LogP) is 1.58. The zero-order chi connectivity index (χ0) is 14.0. The molecule has 106 valence electrons. The van der Waals surface area contributed by atoms with E-state index in [9.17, 15) is 9.59 Å². The van der Waals surface area contributed by atoms with Gasteiger partial charge in [-0.05, 0) is 43.4 Å². The molecule has 2 aliphatic carbocycles. The van der Waals surface area contributed by atoms with E-state index in [-0.39, 0.29) is 11.5 Å². The van der Waals surface area contributed by atoms with Gasteiger partial charge in [0, 0.05) is 11.8 Å². The molecule has 0 aliphatic heterocycles. The topological polar surface area (TPSA) is 70.6 Å². The van der Waals surface area contributed by atoms with Crippen molar-refractivity contribution in [2.24, 2.45) is 16.4 Å². The van der Waals surface area contributed by atoms with Crippen molar-refractivity contribution < 1.29 is 9.59 Å². The van der Waals surface area contributed by atoms with Crippen LogP contribution in [0.25, 0.3) is 0 Å². The van der Waals surface area contributed by atoms with Crippen LogP contribution in [-0.4, -0.2) is 23.6 Å². The Morgan fingerprint density at radius 3 is 2.53 bits per heavy atom. The molecule has 1 atom stereocenters. The molecule has 0 aromatic rings. The van der Waals surface area contributed by atoms with Crippen LogP contribution in [0.1, 0.15) is 52.9 Å². The Hall–Kier alpha value is -1.39. The van der Waals surface area contributed by atoms with E-state index in [0.29, 0.717) is 5.92 Å². The number of carbonyl (C=O) groups is 2. The van der Waals surface area contributed by atoms with Gasteiger partial charge in [-0.3, -0.25) is 9.59 Å². The Labute approximate surface area is 114 Å². The van der Waals surface area contributed by atoms with Crippen molar-refractivity contribution in [1.82, 2.24) is 10.7 Å². The Bertz CT molecular complexity index is 411. The highest BCUT2D eigenvalue weighted by Crippen LogP contribution is 2.36. The van der Waals surface area contributed by atoms with E-state index in [0.717, 1.165) is 31.4 Å². The van der Waals surface area contributed by atoms with Crippen molar-refractivity contribution in [3.63, 3.8) is 0 Å². The predicted molar refractivity (Wildman–Crippen MR) is 73.5 cm³/mol. The maximum Gasteiger partial charge on any atom is 0.329 e. The monoisotopic (exact) mass is 265 g/mol. The summed E-state index contributed by atoms with van der Waals surface area (Å²) in [5, 5.41) is 6.78. The Morgan fingerprint density at radius 1 is 1.26 bits per heavy atom. The molecule has 0 radical (unpaired) electrons. The Morgan fingerprint density at radius 2 is 1.95 bits per heavy atom. The second-order valence-corrected chi connectivity index (χ2v) is 6.72. The van der Waals surface area contributed by atoms with Crippen LogP contribution in [0.3, 0.4) is 0 Å². The summed E-state index contributed by atoms with van der Waals surface area (Å²) in [6.07, 6.45) is 4.89. The summed E-state index contributed by atoms with van der Waals surface area (Å²) in [5.74, 6) is -0.662. The zero-order valence-corrected chi connectivity index (χ0v) is 12.0. The van der Waals surface area contributed by atoms with Gasteiger partial charge in [-0.15, -0.1) is 0 Å². The normalized spacial score (nSPS) is 27.9. The molecule has 19 heavy (non-hydrogen) atoms. The van der Waals surface area contributed by atoms with Crippen LogP contribution in [0.5, 0.6) is 0 Å². The van der Waals surface area contributed by atoms with Crippen molar-refractivity contribution >= 4 is 17.5 Å². The molecule has 2 saturated carbocycles. The number of nitrogens with zero attached hydrogens (tertiary/aromatic N) is 1. The Balaban J connectivity index is 1.86. The third-order valence-corrected chi connectivity index (χ3v) is 3.60. The number of hydrazone groups is 1. The lowest BCUT2D eigenvalue weighted by molar-refractivity contribution is -0.139. The maximum atomic E-state index is 11.6. The number of nitrogens with one attached hydrogen (secondary N) is 2. The van der Waals surface area contributed by atoms with Crippen molar-refractivity contribution in [2.45, 2.75) is 58.9 Å². The molecule has 0 aromatic heterocycles. The molecule has 0 aromatic carbocycles. The first kappa shape index (κ1) is 14.0. The average Bonchev–Trinajstić information content (AvgIpc) is 3.06. The van der Waals surface area contributed by atoms with Crippen LogP contribution in [0.15, 0.2) is 5.10 Å². The summed E-state index contributed by atoms with van der Waals surface area (Å²) in [4.78, 5) is 23.0. The number of rotatable bonds is 2. The minimum absolute atomic E-state index is 0.194. The number of amides is 2. The van der Waals surface area contributed by atoms with Gasteiger partial charge in [0.2, 0.25) is 0 Å². The molecule has 0 bridgehead atoms. The highest BCUT2D eigenvalue weighted by molar-refractivity contribution is 6.35. The van der Waals surface area contributed by atoms with Crippen molar-refractivity contribution in [3.05, 3.63) is 0 Å². The summed E-state index contributed by atoms with van der Waals surface area (Å²) in [6.45, 7) is 6.61. The Kier molecular flexibility index (Phi) is 3.92. The quantitative estimate of drug-likeness (QED) is 0.588. The van der Waals surface area contributed by atoms with Gasteiger partial charge in [0.15, 0.2) is 0 Å². The molecule has 5 nitrogen and oxygen atoms in total. The minimum atomic E-state index is -0.657. The fourth-order valence-electron chi connectivity index (χ4n) is 2.86. The first-order valence-electron chi connectivity index (χ1n) is 7.02. The molecule has 5 heteroatoms.